The van der Waals surface area contributed by atoms with E-state index in [4.69, 9.17) is 18.0 Å². The first-order valence-corrected chi connectivity index (χ1v) is 6.95. The topological polar surface area (TPSA) is 55.1 Å². The molecule has 0 unspecified atom stereocenters. The summed E-state index contributed by atoms with van der Waals surface area (Å²) in [6, 6.07) is 7.93. The van der Waals surface area contributed by atoms with Crippen molar-refractivity contribution in [1.29, 1.82) is 0 Å². The first-order chi connectivity index (χ1) is 9.90. The van der Waals surface area contributed by atoms with Crippen LogP contribution in [0, 0.1) is 11.6 Å². The van der Waals surface area contributed by atoms with Crippen LogP contribution in [0.25, 0.3) is 0 Å². The Kier molecular flexibility index (Phi) is 4.64. The molecule has 2 aromatic rings. The van der Waals surface area contributed by atoms with Gasteiger partial charge in [0, 0.05) is 11.3 Å². The van der Waals surface area contributed by atoms with E-state index in [2.05, 4.69) is 21.2 Å². The summed E-state index contributed by atoms with van der Waals surface area (Å²) < 4.78 is 26.9. The summed E-state index contributed by atoms with van der Waals surface area (Å²) in [6.07, 6.45) is 0. The number of carbonyl (C=O) groups excluding carboxylic acids is 1. The number of hydrogen-bond acceptors (Lipinski definition) is 2. The third-order valence-electron chi connectivity index (χ3n) is 2.69. The van der Waals surface area contributed by atoms with Crippen LogP contribution in [0.1, 0.15) is 15.9 Å². The molecule has 2 rings (SSSR count). The van der Waals surface area contributed by atoms with Crippen molar-refractivity contribution in [2.45, 2.75) is 0 Å². The minimum atomic E-state index is -0.576. The molecule has 7 heteroatoms. The minimum absolute atomic E-state index is 0.0288. The van der Waals surface area contributed by atoms with Crippen molar-refractivity contribution in [2.24, 2.45) is 5.73 Å². The van der Waals surface area contributed by atoms with E-state index < -0.39 is 17.5 Å². The molecule has 3 nitrogen and oxygen atoms in total. The second-order valence-electron chi connectivity index (χ2n) is 4.11. The molecule has 0 heterocycles. The number of benzene rings is 2. The summed E-state index contributed by atoms with van der Waals surface area (Å²) in [4.78, 5) is 12.0. The van der Waals surface area contributed by atoms with Crippen molar-refractivity contribution >= 4 is 44.7 Å². The number of nitrogens with one attached hydrogen (secondary N) is 1. The Labute approximate surface area is 133 Å². The maximum absolute atomic E-state index is 13.5. The molecule has 0 aromatic heterocycles. The fraction of sp³-hybridized carbons (Fsp3) is 0. The largest absolute Gasteiger partial charge is 0.389 e. The lowest BCUT2D eigenvalue weighted by atomic mass is 10.1. The molecule has 0 fully saturated rings. The number of halogens is 3. The highest BCUT2D eigenvalue weighted by atomic mass is 79.9. The van der Waals surface area contributed by atoms with E-state index in [0.29, 0.717) is 5.69 Å². The predicted octanol–water partition coefficient (Wildman–Crippen LogP) is 3.61. The number of hydrogen-bond donors (Lipinski definition) is 2. The van der Waals surface area contributed by atoms with Gasteiger partial charge in [0.1, 0.15) is 16.6 Å². The Morgan fingerprint density at radius 2 is 1.86 bits per heavy atom. The number of nitrogens with two attached hydrogens (primary N) is 1. The molecule has 21 heavy (non-hydrogen) atoms. The van der Waals surface area contributed by atoms with Crippen molar-refractivity contribution in [2.75, 3.05) is 5.32 Å². The first-order valence-electron chi connectivity index (χ1n) is 5.75. The van der Waals surface area contributed by atoms with E-state index >= 15 is 0 Å². The Bertz CT molecular complexity index is 737. The summed E-state index contributed by atoms with van der Waals surface area (Å²) in [5, 5.41) is 2.53. The van der Waals surface area contributed by atoms with E-state index in [1.54, 1.807) is 0 Å². The van der Waals surface area contributed by atoms with Crippen molar-refractivity contribution in [3.8, 4) is 0 Å². The van der Waals surface area contributed by atoms with Gasteiger partial charge in [0.25, 0.3) is 5.91 Å². The maximum atomic E-state index is 13.5. The van der Waals surface area contributed by atoms with Crippen LogP contribution in [0.4, 0.5) is 14.5 Å². The second-order valence-corrected chi connectivity index (χ2v) is 5.35. The van der Waals surface area contributed by atoms with Gasteiger partial charge in [-0.25, -0.2) is 8.78 Å². The number of thiocarbonyl (C=S) groups is 1. The molecular formula is C14H9BrF2N2OS. The smallest absolute Gasteiger partial charge is 0.256 e. The lowest BCUT2D eigenvalue weighted by molar-refractivity contribution is 0.102. The van der Waals surface area contributed by atoms with Crippen molar-refractivity contribution in [1.82, 2.24) is 0 Å². The molecule has 0 aliphatic carbocycles. The quantitative estimate of drug-likeness (QED) is 0.811. The van der Waals surface area contributed by atoms with Crippen LogP contribution in [0.2, 0.25) is 0 Å². The minimum Gasteiger partial charge on any atom is -0.389 e. The van der Waals surface area contributed by atoms with Gasteiger partial charge in [-0.15, -0.1) is 0 Å². The Morgan fingerprint density at radius 1 is 1.14 bits per heavy atom. The fourth-order valence-electron chi connectivity index (χ4n) is 1.67. The zero-order valence-electron chi connectivity index (χ0n) is 10.5. The molecule has 0 spiro atoms. The van der Waals surface area contributed by atoms with Gasteiger partial charge in [-0.05, 0) is 46.3 Å². The SMILES string of the molecule is NC(=S)c1cc(NC(=O)c2cccc(F)c2Br)ccc1F. The van der Waals surface area contributed by atoms with Gasteiger partial charge in [-0.1, -0.05) is 18.3 Å². The summed E-state index contributed by atoms with van der Waals surface area (Å²) in [5.41, 5.74) is 5.85. The van der Waals surface area contributed by atoms with Crippen LogP contribution >= 0.6 is 28.1 Å². The van der Waals surface area contributed by atoms with Crippen LogP contribution in [0.15, 0.2) is 40.9 Å². The molecule has 0 atom stereocenters. The van der Waals surface area contributed by atoms with Gasteiger partial charge in [0.2, 0.25) is 0 Å². The second kappa shape index (κ2) is 6.28. The summed E-state index contributed by atoms with van der Waals surface area (Å²) in [5.74, 6) is -1.67. The van der Waals surface area contributed by atoms with Crippen LogP contribution in [0.5, 0.6) is 0 Å². The van der Waals surface area contributed by atoms with Gasteiger partial charge in [0.15, 0.2) is 0 Å². The van der Waals surface area contributed by atoms with E-state index in [-0.39, 0.29) is 20.6 Å². The molecular weight excluding hydrogens is 362 g/mol. The van der Waals surface area contributed by atoms with Crippen LogP contribution in [-0.2, 0) is 0 Å². The highest BCUT2D eigenvalue weighted by Crippen LogP contribution is 2.22. The molecule has 0 aliphatic rings. The summed E-state index contributed by atoms with van der Waals surface area (Å²) >= 11 is 7.73. The van der Waals surface area contributed by atoms with Gasteiger partial charge in [0.05, 0.1) is 10.0 Å². The lowest BCUT2D eigenvalue weighted by Gasteiger charge is -2.09. The number of amides is 1. The molecule has 0 radical (unpaired) electrons. The molecule has 0 bridgehead atoms. The standard InChI is InChI=1S/C14H9BrF2N2OS/c15-12-8(2-1-3-11(12)17)14(20)19-7-4-5-10(16)9(6-7)13(18)21/h1-6H,(H2,18,21)(H,19,20). The third kappa shape index (κ3) is 3.43. The van der Waals surface area contributed by atoms with E-state index in [1.807, 2.05) is 0 Å². The lowest BCUT2D eigenvalue weighted by Crippen LogP contribution is -2.15. The predicted molar refractivity (Wildman–Crippen MR) is 84.3 cm³/mol. The van der Waals surface area contributed by atoms with Crippen molar-refractivity contribution in [3.05, 3.63) is 63.6 Å². The van der Waals surface area contributed by atoms with E-state index in [9.17, 15) is 13.6 Å². The van der Waals surface area contributed by atoms with Gasteiger partial charge in [-0.3, -0.25) is 4.79 Å². The summed E-state index contributed by atoms with van der Waals surface area (Å²) in [7, 11) is 0. The highest BCUT2D eigenvalue weighted by molar-refractivity contribution is 9.10. The fourth-order valence-corrected chi connectivity index (χ4v) is 2.27. The van der Waals surface area contributed by atoms with Gasteiger partial charge < -0.3 is 11.1 Å². The van der Waals surface area contributed by atoms with Crippen LogP contribution < -0.4 is 11.1 Å². The Balaban J connectivity index is 2.30. The molecule has 0 aliphatic heterocycles. The normalized spacial score (nSPS) is 10.2. The first kappa shape index (κ1) is 15.5. The Morgan fingerprint density at radius 3 is 2.52 bits per heavy atom. The molecule has 0 saturated heterocycles. The monoisotopic (exact) mass is 370 g/mol. The molecule has 0 saturated carbocycles. The van der Waals surface area contributed by atoms with Crippen molar-refractivity contribution < 1.29 is 13.6 Å². The number of rotatable bonds is 3. The highest BCUT2D eigenvalue weighted by Gasteiger charge is 2.14. The number of anilines is 1. The zero-order valence-corrected chi connectivity index (χ0v) is 12.9. The maximum Gasteiger partial charge on any atom is 0.256 e. The average molecular weight is 371 g/mol. The van der Waals surface area contributed by atoms with Crippen molar-refractivity contribution in [3.63, 3.8) is 0 Å². The average Bonchev–Trinajstić information content (AvgIpc) is 2.43. The summed E-state index contributed by atoms with van der Waals surface area (Å²) in [6.45, 7) is 0. The van der Waals surface area contributed by atoms with Gasteiger partial charge >= 0.3 is 0 Å². The zero-order chi connectivity index (χ0) is 15.6. The van der Waals surface area contributed by atoms with Gasteiger partial charge in [-0.2, -0.15) is 0 Å². The van der Waals surface area contributed by atoms with Crippen LogP contribution in [-0.4, -0.2) is 10.9 Å². The molecule has 108 valence electrons. The Hall–Kier alpha value is -1.86. The number of carbonyl (C=O) groups is 1. The van der Waals surface area contributed by atoms with Crippen LogP contribution in [0.3, 0.4) is 0 Å². The van der Waals surface area contributed by atoms with E-state index in [1.165, 1.54) is 30.3 Å². The molecule has 2 aromatic carbocycles. The van der Waals surface area contributed by atoms with E-state index in [0.717, 1.165) is 6.07 Å². The molecule has 1 amide bonds. The third-order valence-corrected chi connectivity index (χ3v) is 3.71. The molecule has 3 N–H and O–H groups in total.